The maximum Gasteiger partial charge on any atom is 0.124 e. The molecule has 0 amide bonds. The van der Waals surface area contributed by atoms with E-state index in [2.05, 4.69) is 24.1 Å². The van der Waals surface area contributed by atoms with E-state index in [0.717, 1.165) is 50.5 Å². The Morgan fingerprint density at radius 3 is 2.63 bits per heavy atom. The highest BCUT2D eigenvalue weighted by atomic mass is 35.5. The van der Waals surface area contributed by atoms with Crippen molar-refractivity contribution < 1.29 is 4.74 Å². The second-order valence-corrected chi connectivity index (χ2v) is 4.95. The first-order chi connectivity index (χ1) is 9.21. The Kier molecular flexibility index (Phi) is 7.87. The lowest BCUT2D eigenvalue weighted by Crippen LogP contribution is -2.27. The van der Waals surface area contributed by atoms with Crippen LogP contribution >= 0.6 is 11.6 Å². The first-order valence-electron chi connectivity index (χ1n) is 6.96. The maximum atomic E-state index is 5.94. The summed E-state index contributed by atoms with van der Waals surface area (Å²) in [5, 5.41) is 4.16. The predicted octanol–water partition coefficient (Wildman–Crippen LogP) is 3.17. The van der Waals surface area contributed by atoms with Gasteiger partial charge < -0.3 is 15.0 Å². The first-order valence-corrected chi connectivity index (χ1v) is 7.34. The fraction of sp³-hybridized carbons (Fsp3) is 0.600. The first kappa shape index (κ1) is 16.3. The van der Waals surface area contributed by atoms with Gasteiger partial charge in [0.2, 0.25) is 0 Å². The summed E-state index contributed by atoms with van der Waals surface area (Å²) in [5.41, 5.74) is 1.15. The summed E-state index contributed by atoms with van der Waals surface area (Å²) in [6.07, 6.45) is 1.16. The third-order valence-electron chi connectivity index (χ3n) is 3.29. The van der Waals surface area contributed by atoms with Gasteiger partial charge in [-0.1, -0.05) is 31.5 Å². The minimum atomic E-state index is 0.710. The molecule has 0 spiro atoms. The van der Waals surface area contributed by atoms with Crippen LogP contribution in [0, 0.1) is 0 Å². The van der Waals surface area contributed by atoms with Crippen molar-refractivity contribution in [1.82, 2.24) is 10.2 Å². The molecule has 0 unspecified atom stereocenters. The molecule has 0 aliphatic heterocycles. The highest BCUT2D eigenvalue weighted by Gasteiger charge is 2.03. The van der Waals surface area contributed by atoms with Crippen LogP contribution in [0.15, 0.2) is 18.2 Å². The smallest absolute Gasteiger partial charge is 0.124 e. The molecule has 1 rings (SSSR count). The number of benzene rings is 1. The Labute approximate surface area is 121 Å². The van der Waals surface area contributed by atoms with E-state index in [1.807, 2.05) is 18.2 Å². The second kappa shape index (κ2) is 9.18. The van der Waals surface area contributed by atoms with Crippen LogP contribution in [0.25, 0.3) is 0 Å². The van der Waals surface area contributed by atoms with E-state index < -0.39 is 0 Å². The molecule has 108 valence electrons. The van der Waals surface area contributed by atoms with E-state index in [1.165, 1.54) is 0 Å². The molecule has 0 aromatic heterocycles. The van der Waals surface area contributed by atoms with Crippen LogP contribution in [0.3, 0.4) is 0 Å². The van der Waals surface area contributed by atoms with Crippen molar-refractivity contribution in [3.8, 4) is 5.75 Å². The minimum Gasteiger partial charge on any atom is -0.496 e. The summed E-state index contributed by atoms with van der Waals surface area (Å²) in [6.45, 7) is 9.65. The summed E-state index contributed by atoms with van der Waals surface area (Å²) in [4.78, 5) is 2.44. The molecule has 3 nitrogen and oxygen atoms in total. The molecule has 0 saturated heterocycles. The molecule has 0 aliphatic rings. The Morgan fingerprint density at radius 1 is 1.26 bits per heavy atom. The number of ether oxygens (including phenoxy) is 1. The molecule has 0 radical (unpaired) electrons. The number of hydrogen-bond donors (Lipinski definition) is 1. The summed E-state index contributed by atoms with van der Waals surface area (Å²) < 4.78 is 5.32. The van der Waals surface area contributed by atoms with Crippen LogP contribution in [0.1, 0.15) is 25.8 Å². The zero-order valence-electron chi connectivity index (χ0n) is 12.2. The summed E-state index contributed by atoms with van der Waals surface area (Å²) in [7, 11) is 1.68. The molecule has 19 heavy (non-hydrogen) atoms. The van der Waals surface area contributed by atoms with Gasteiger partial charge >= 0.3 is 0 Å². The molecule has 0 heterocycles. The lowest BCUT2D eigenvalue weighted by atomic mass is 10.2. The zero-order valence-corrected chi connectivity index (χ0v) is 13.0. The van der Waals surface area contributed by atoms with Crippen LogP contribution in [-0.2, 0) is 6.54 Å². The fourth-order valence-electron chi connectivity index (χ4n) is 2.05. The average molecular weight is 285 g/mol. The van der Waals surface area contributed by atoms with Crippen molar-refractivity contribution >= 4 is 11.6 Å². The van der Waals surface area contributed by atoms with Gasteiger partial charge in [-0.3, -0.25) is 0 Å². The van der Waals surface area contributed by atoms with Gasteiger partial charge in [-0.25, -0.2) is 0 Å². The largest absolute Gasteiger partial charge is 0.496 e. The summed E-state index contributed by atoms with van der Waals surface area (Å²) >= 11 is 5.94. The second-order valence-electron chi connectivity index (χ2n) is 4.51. The van der Waals surface area contributed by atoms with Crippen molar-refractivity contribution in [3.05, 3.63) is 28.8 Å². The van der Waals surface area contributed by atoms with E-state index >= 15 is 0 Å². The number of methoxy groups -OCH3 is 1. The van der Waals surface area contributed by atoms with E-state index in [0.29, 0.717) is 5.02 Å². The molecule has 0 fully saturated rings. The van der Waals surface area contributed by atoms with Crippen molar-refractivity contribution in [3.63, 3.8) is 0 Å². The summed E-state index contributed by atoms with van der Waals surface area (Å²) in [5.74, 6) is 0.851. The van der Waals surface area contributed by atoms with E-state index in [4.69, 9.17) is 16.3 Å². The third-order valence-corrected chi connectivity index (χ3v) is 3.52. The van der Waals surface area contributed by atoms with Gasteiger partial charge in [0.25, 0.3) is 0 Å². The van der Waals surface area contributed by atoms with Crippen molar-refractivity contribution in [2.45, 2.75) is 26.8 Å². The van der Waals surface area contributed by atoms with Gasteiger partial charge in [0.05, 0.1) is 7.11 Å². The highest BCUT2D eigenvalue weighted by Crippen LogP contribution is 2.22. The van der Waals surface area contributed by atoms with Gasteiger partial charge in [0.15, 0.2) is 0 Å². The van der Waals surface area contributed by atoms with Crippen molar-refractivity contribution in [2.24, 2.45) is 0 Å². The van der Waals surface area contributed by atoms with Crippen LogP contribution in [-0.4, -0.2) is 38.2 Å². The number of rotatable bonds is 9. The topological polar surface area (TPSA) is 24.5 Å². The Bertz CT molecular complexity index is 367. The van der Waals surface area contributed by atoms with Crippen molar-refractivity contribution in [1.29, 1.82) is 0 Å². The monoisotopic (exact) mass is 284 g/mol. The van der Waals surface area contributed by atoms with Crippen molar-refractivity contribution in [2.75, 3.05) is 33.3 Å². The van der Waals surface area contributed by atoms with Gasteiger partial charge in [0, 0.05) is 17.1 Å². The molecule has 0 aliphatic carbocycles. The molecule has 0 saturated carbocycles. The predicted molar refractivity (Wildman–Crippen MR) is 82.1 cm³/mol. The zero-order chi connectivity index (χ0) is 14.1. The molecule has 1 N–H and O–H groups in total. The van der Waals surface area contributed by atoms with Crippen LogP contribution in [0.5, 0.6) is 5.75 Å². The van der Waals surface area contributed by atoms with Gasteiger partial charge in [-0.2, -0.15) is 0 Å². The molecular formula is C15H25ClN2O. The Balaban J connectivity index is 2.29. The normalized spacial score (nSPS) is 11.0. The SMILES string of the molecule is CCN(CC)CCCNCc1ccc(Cl)cc1OC. The Morgan fingerprint density at radius 2 is 2.00 bits per heavy atom. The van der Waals surface area contributed by atoms with Crippen LogP contribution < -0.4 is 10.1 Å². The van der Waals surface area contributed by atoms with Gasteiger partial charge in [-0.15, -0.1) is 0 Å². The molecule has 0 bridgehead atoms. The molecular weight excluding hydrogens is 260 g/mol. The number of nitrogens with one attached hydrogen (secondary N) is 1. The molecule has 4 heteroatoms. The molecule has 1 aromatic carbocycles. The minimum absolute atomic E-state index is 0.710. The number of hydrogen-bond acceptors (Lipinski definition) is 3. The third kappa shape index (κ3) is 5.81. The summed E-state index contributed by atoms with van der Waals surface area (Å²) in [6, 6.07) is 5.77. The molecule has 0 atom stereocenters. The van der Waals surface area contributed by atoms with E-state index in [9.17, 15) is 0 Å². The highest BCUT2D eigenvalue weighted by molar-refractivity contribution is 6.30. The lowest BCUT2D eigenvalue weighted by Gasteiger charge is -2.17. The number of halogens is 1. The lowest BCUT2D eigenvalue weighted by molar-refractivity contribution is 0.298. The van der Waals surface area contributed by atoms with Crippen LogP contribution in [0.4, 0.5) is 0 Å². The fourth-order valence-corrected chi connectivity index (χ4v) is 2.22. The van der Waals surface area contributed by atoms with Crippen LogP contribution in [0.2, 0.25) is 5.02 Å². The number of nitrogens with zero attached hydrogens (tertiary/aromatic N) is 1. The van der Waals surface area contributed by atoms with Gasteiger partial charge in [-0.05, 0) is 44.7 Å². The Hall–Kier alpha value is -0.770. The quantitative estimate of drug-likeness (QED) is 0.705. The standard InChI is InChI=1S/C15H25ClN2O/c1-4-18(5-2)10-6-9-17-12-13-7-8-14(16)11-15(13)19-3/h7-8,11,17H,4-6,9-10,12H2,1-3H3. The maximum absolute atomic E-state index is 5.94. The molecule has 1 aromatic rings. The van der Waals surface area contributed by atoms with Gasteiger partial charge in [0.1, 0.15) is 5.75 Å². The van der Waals surface area contributed by atoms with E-state index in [1.54, 1.807) is 7.11 Å². The average Bonchev–Trinajstić information content (AvgIpc) is 2.44. The van der Waals surface area contributed by atoms with E-state index in [-0.39, 0.29) is 0 Å².